The highest BCUT2D eigenvalue weighted by atomic mass is 19.4. The van der Waals surface area contributed by atoms with Crippen LogP contribution in [0.25, 0.3) is 11.1 Å². The lowest BCUT2D eigenvalue weighted by Gasteiger charge is -2.07. The van der Waals surface area contributed by atoms with E-state index in [-0.39, 0.29) is 5.56 Å². The van der Waals surface area contributed by atoms with Gasteiger partial charge in [0.25, 0.3) is 0 Å². The molecule has 0 aliphatic carbocycles. The number of aromatic nitrogens is 1. The van der Waals surface area contributed by atoms with Gasteiger partial charge in [0.05, 0.1) is 11.6 Å². The Balaban J connectivity index is 2.47. The lowest BCUT2D eigenvalue weighted by molar-refractivity contribution is -0.141. The number of rotatable bonds is 1. The minimum Gasteiger partial charge on any atom is -0.251 e. The second kappa shape index (κ2) is 4.69. The molecule has 0 fully saturated rings. The molecule has 1 aromatic heterocycles. The predicted molar refractivity (Wildman–Crippen MR) is 59.3 cm³/mol. The first-order valence-corrected chi connectivity index (χ1v) is 5.15. The molecule has 2 aromatic rings. The number of hydrogen-bond acceptors (Lipinski definition) is 2. The third-order valence-electron chi connectivity index (χ3n) is 2.47. The van der Waals surface area contributed by atoms with Crippen molar-refractivity contribution in [3.63, 3.8) is 0 Å². The zero-order valence-electron chi connectivity index (χ0n) is 9.37. The number of halogens is 4. The van der Waals surface area contributed by atoms with E-state index in [1.807, 2.05) is 0 Å². The highest BCUT2D eigenvalue weighted by Crippen LogP contribution is 2.29. The number of pyridine rings is 1. The average molecular weight is 266 g/mol. The Morgan fingerprint density at radius 2 is 1.84 bits per heavy atom. The van der Waals surface area contributed by atoms with Gasteiger partial charge in [-0.15, -0.1) is 0 Å². The minimum absolute atomic E-state index is 0.0431. The van der Waals surface area contributed by atoms with Crippen LogP contribution >= 0.6 is 0 Å². The van der Waals surface area contributed by atoms with Crippen LogP contribution in [-0.2, 0) is 6.18 Å². The van der Waals surface area contributed by atoms with Crippen molar-refractivity contribution in [1.82, 2.24) is 4.98 Å². The molecule has 2 rings (SSSR count). The molecule has 0 aliphatic heterocycles. The van der Waals surface area contributed by atoms with E-state index in [0.29, 0.717) is 11.1 Å². The summed E-state index contributed by atoms with van der Waals surface area (Å²) in [6, 6.07) is 7.29. The summed E-state index contributed by atoms with van der Waals surface area (Å²) in [5.41, 5.74) is -0.312. The molecular formula is C13H6F4N2. The van der Waals surface area contributed by atoms with Crippen molar-refractivity contribution in [2.75, 3.05) is 0 Å². The van der Waals surface area contributed by atoms with Gasteiger partial charge < -0.3 is 0 Å². The molecule has 0 atom stereocenters. The summed E-state index contributed by atoms with van der Waals surface area (Å²) in [6.45, 7) is 0. The van der Waals surface area contributed by atoms with Crippen LogP contribution in [0.4, 0.5) is 17.6 Å². The first-order valence-electron chi connectivity index (χ1n) is 5.15. The van der Waals surface area contributed by atoms with Gasteiger partial charge in [0, 0.05) is 17.3 Å². The smallest absolute Gasteiger partial charge is 0.251 e. The van der Waals surface area contributed by atoms with E-state index in [0.717, 1.165) is 24.4 Å². The SMILES string of the molecule is N#Cc1cc(F)ccc1-c1ccc(C(F)(F)F)nc1. The quantitative estimate of drug-likeness (QED) is 0.736. The third-order valence-corrected chi connectivity index (χ3v) is 2.47. The van der Waals surface area contributed by atoms with Crippen molar-refractivity contribution in [1.29, 1.82) is 5.26 Å². The molecule has 0 spiro atoms. The molecule has 96 valence electrons. The molecule has 19 heavy (non-hydrogen) atoms. The number of hydrogen-bond donors (Lipinski definition) is 0. The Labute approximate surface area is 105 Å². The molecule has 0 saturated carbocycles. The average Bonchev–Trinajstić information content (AvgIpc) is 2.37. The fourth-order valence-corrected chi connectivity index (χ4v) is 1.58. The standard InChI is InChI=1S/C13H6F4N2/c14-10-2-3-11(9(5-10)6-18)8-1-4-12(19-7-8)13(15,16)17/h1-5,7H. The molecule has 1 aromatic carbocycles. The molecule has 6 heteroatoms. The second-order valence-corrected chi connectivity index (χ2v) is 3.73. The summed E-state index contributed by atoms with van der Waals surface area (Å²) in [5, 5.41) is 8.87. The highest BCUT2D eigenvalue weighted by Gasteiger charge is 2.32. The molecule has 1 heterocycles. The normalized spacial score (nSPS) is 11.1. The Kier molecular flexibility index (Phi) is 3.21. The van der Waals surface area contributed by atoms with E-state index >= 15 is 0 Å². The van der Waals surface area contributed by atoms with Crippen LogP contribution in [0.5, 0.6) is 0 Å². The fourth-order valence-electron chi connectivity index (χ4n) is 1.58. The summed E-state index contributed by atoms with van der Waals surface area (Å²) < 4.78 is 50.0. The molecule has 0 N–H and O–H groups in total. The zero-order chi connectivity index (χ0) is 14.0. The van der Waals surface area contributed by atoms with Crippen LogP contribution in [0, 0.1) is 17.1 Å². The van der Waals surface area contributed by atoms with Crippen molar-refractivity contribution >= 4 is 0 Å². The van der Waals surface area contributed by atoms with E-state index in [9.17, 15) is 17.6 Å². The molecule has 0 bridgehead atoms. The van der Waals surface area contributed by atoms with Gasteiger partial charge >= 0.3 is 6.18 Å². The Morgan fingerprint density at radius 1 is 1.11 bits per heavy atom. The van der Waals surface area contributed by atoms with E-state index in [4.69, 9.17) is 5.26 Å². The van der Waals surface area contributed by atoms with Gasteiger partial charge in [0.1, 0.15) is 11.5 Å². The Bertz CT molecular complexity index is 639. The molecule has 2 nitrogen and oxygen atoms in total. The number of alkyl halides is 3. The van der Waals surface area contributed by atoms with Crippen molar-refractivity contribution in [3.8, 4) is 17.2 Å². The lowest BCUT2D eigenvalue weighted by atomic mass is 10.0. The summed E-state index contributed by atoms with van der Waals surface area (Å²) in [5.74, 6) is -0.583. The summed E-state index contributed by atoms with van der Waals surface area (Å²) >= 11 is 0. The molecule has 0 amide bonds. The number of nitriles is 1. The monoisotopic (exact) mass is 266 g/mol. The third kappa shape index (κ3) is 2.71. The fraction of sp³-hybridized carbons (Fsp3) is 0.0769. The van der Waals surface area contributed by atoms with Crippen LogP contribution in [0.1, 0.15) is 11.3 Å². The minimum atomic E-state index is -4.51. The molecule has 0 unspecified atom stereocenters. The maximum atomic E-state index is 13.0. The van der Waals surface area contributed by atoms with Crippen molar-refractivity contribution in [2.45, 2.75) is 6.18 Å². The van der Waals surface area contributed by atoms with Gasteiger partial charge in [-0.1, -0.05) is 12.1 Å². The van der Waals surface area contributed by atoms with Gasteiger partial charge in [-0.2, -0.15) is 18.4 Å². The van der Waals surface area contributed by atoms with Crippen LogP contribution in [0.2, 0.25) is 0 Å². The van der Waals surface area contributed by atoms with E-state index < -0.39 is 17.7 Å². The maximum Gasteiger partial charge on any atom is 0.433 e. The first-order chi connectivity index (χ1) is 8.91. The highest BCUT2D eigenvalue weighted by molar-refractivity contribution is 5.69. The van der Waals surface area contributed by atoms with E-state index in [2.05, 4.69) is 4.98 Å². The van der Waals surface area contributed by atoms with Crippen LogP contribution in [-0.4, -0.2) is 4.98 Å². The van der Waals surface area contributed by atoms with Gasteiger partial charge in [0.15, 0.2) is 0 Å². The van der Waals surface area contributed by atoms with Crippen molar-refractivity contribution in [3.05, 3.63) is 53.6 Å². The second-order valence-electron chi connectivity index (χ2n) is 3.73. The Hall–Kier alpha value is -2.42. The van der Waals surface area contributed by atoms with E-state index in [1.165, 1.54) is 12.1 Å². The molecule has 0 saturated heterocycles. The largest absolute Gasteiger partial charge is 0.433 e. The van der Waals surface area contributed by atoms with Crippen LogP contribution < -0.4 is 0 Å². The summed E-state index contributed by atoms with van der Waals surface area (Å²) in [7, 11) is 0. The van der Waals surface area contributed by atoms with E-state index in [1.54, 1.807) is 6.07 Å². The molecule has 0 radical (unpaired) electrons. The zero-order valence-corrected chi connectivity index (χ0v) is 9.37. The maximum absolute atomic E-state index is 13.0. The molecular weight excluding hydrogens is 260 g/mol. The number of nitrogens with zero attached hydrogens (tertiary/aromatic N) is 2. The first kappa shape index (κ1) is 13.0. The van der Waals surface area contributed by atoms with Gasteiger partial charge in [0.2, 0.25) is 0 Å². The van der Waals surface area contributed by atoms with Gasteiger partial charge in [-0.05, 0) is 18.2 Å². The number of benzene rings is 1. The van der Waals surface area contributed by atoms with Crippen molar-refractivity contribution in [2.24, 2.45) is 0 Å². The van der Waals surface area contributed by atoms with Crippen LogP contribution in [0.3, 0.4) is 0 Å². The van der Waals surface area contributed by atoms with Crippen LogP contribution in [0.15, 0.2) is 36.5 Å². The summed E-state index contributed by atoms with van der Waals surface area (Å²) in [4.78, 5) is 3.30. The topological polar surface area (TPSA) is 36.7 Å². The lowest BCUT2D eigenvalue weighted by Crippen LogP contribution is -2.07. The van der Waals surface area contributed by atoms with Crippen molar-refractivity contribution < 1.29 is 17.6 Å². The van der Waals surface area contributed by atoms with Gasteiger partial charge in [-0.3, -0.25) is 4.98 Å². The predicted octanol–water partition coefficient (Wildman–Crippen LogP) is 3.78. The Morgan fingerprint density at radius 3 is 2.37 bits per heavy atom. The summed E-state index contributed by atoms with van der Waals surface area (Å²) in [6.07, 6.45) is -3.50. The van der Waals surface area contributed by atoms with Gasteiger partial charge in [-0.25, -0.2) is 4.39 Å². The molecule has 0 aliphatic rings.